The highest BCUT2D eigenvalue weighted by molar-refractivity contribution is 5.95. The smallest absolute Gasteiger partial charge is 0.308 e. The summed E-state index contributed by atoms with van der Waals surface area (Å²) < 4.78 is 9.71. The highest BCUT2D eigenvalue weighted by Gasteiger charge is 2.18. The Labute approximate surface area is 160 Å². The number of hydrogen-bond donors (Lipinski definition) is 2. The van der Waals surface area contributed by atoms with Gasteiger partial charge in [-0.05, 0) is 43.2 Å². The number of aryl methyl sites for hydroxylation is 2. The molecule has 0 aliphatic heterocycles. The van der Waals surface area contributed by atoms with Crippen molar-refractivity contribution in [2.24, 2.45) is 0 Å². The van der Waals surface area contributed by atoms with Crippen molar-refractivity contribution in [1.82, 2.24) is 5.32 Å². The van der Waals surface area contributed by atoms with Gasteiger partial charge < -0.3 is 19.8 Å². The Morgan fingerprint density at radius 3 is 2.57 bits per heavy atom. The topological polar surface area (TPSA) is 141 Å². The van der Waals surface area contributed by atoms with Crippen LogP contribution in [0.2, 0.25) is 0 Å². The zero-order valence-electron chi connectivity index (χ0n) is 15.3. The van der Waals surface area contributed by atoms with Crippen LogP contribution in [0.15, 0.2) is 34.9 Å². The van der Waals surface area contributed by atoms with Crippen molar-refractivity contribution in [3.63, 3.8) is 0 Å². The van der Waals surface area contributed by atoms with Gasteiger partial charge in [-0.15, -0.1) is 0 Å². The third-order valence-electron chi connectivity index (χ3n) is 3.81. The largest absolute Gasteiger partial charge is 0.459 e. The van der Waals surface area contributed by atoms with Gasteiger partial charge in [-0.1, -0.05) is 0 Å². The van der Waals surface area contributed by atoms with Gasteiger partial charge in [-0.2, -0.15) is 0 Å². The average molecular weight is 389 g/mol. The molecule has 0 spiro atoms. The third kappa shape index (κ3) is 5.66. The fourth-order valence-electron chi connectivity index (χ4n) is 2.23. The molecular weight excluding hydrogens is 370 g/mol. The summed E-state index contributed by atoms with van der Waals surface area (Å²) in [6.45, 7) is 2.88. The number of ether oxygens (including phenoxy) is 1. The van der Waals surface area contributed by atoms with E-state index in [-0.39, 0.29) is 30.1 Å². The molecule has 2 rings (SSSR count). The van der Waals surface area contributed by atoms with Crippen LogP contribution in [0, 0.1) is 24.0 Å². The van der Waals surface area contributed by atoms with Gasteiger partial charge in [-0.25, -0.2) is 0 Å². The molecule has 0 saturated carbocycles. The monoisotopic (exact) mass is 389 g/mol. The Bertz CT molecular complexity index is 891. The molecule has 2 aromatic rings. The Morgan fingerprint density at radius 1 is 1.21 bits per heavy atom. The number of rotatable bonds is 8. The number of hydrogen-bond acceptors (Lipinski definition) is 7. The van der Waals surface area contributed by atoms with Crippen molar-refractivity contribution in [2.75, 3.05) is 18.5 Å². The van der Waals surface area contributed by atoms with Gasteiger partial charge in [0.1, 0.15) is 5.69 Å². The summed E-state index contributed by atoms with van der Waals surface area (Å²) in [6, 6.07) is 5.88. The third-order valence-corrected chi connectivity index (χ3v) is 3.81. The minimum Gasteiger partial charge on any atom is -0.459 e. The van der Waals surface area contributed by atoms with Crippen LogP contribution in [0.4, 0.5) is 11.4 Å². The second kappa shape index (κ2) is 9.31. The van der Waals surface area contributed by atoms with Gasteiger partial charge in [0.15, 0.2) is 12.4 Å². The minimum absolute atomic E-state index is 0.00259. The minimum atomic E-state index is -0.709. The van der Waals surface area contributed by atoms with Gasteiger partial charge in [0.05, 0.1) is 17.6 Å². The molecule has 0 aliphatic rings. The van der Waals surface area contributed by atoms with Crippen LogP contribution in [-0.2, 0) is 14.3 Å². The fraction of sp³-hybridized carbons (Fsp3) is 0.278. The van der Waals surface area contributed by atoms with E-state index in [1.807, 2.05) is 0 Å². The first kappa shape index (κ1) is 20.6. The van der Waals surface area contributed by atoms with Gasteiger partial charge >= 0.3 is 5.97 Å². The SMILES string of the molecule is Cc1cc(NC(=O)COC(=O)CCNC(=O)c2ccco2)c([N+](=O)[O-])cc1C. The molecule has 0 fully saturated rings. The van der Waals surface area contributed by atoms with Crippen LogP contribution in [-0.4, -0.2) is 35.9 Å². The second-order valence-corrected chi connectivity index (χ2v) is 5.90. The molecule has 28 heavy (non-hydrogen) atoms. The molecule has 0 saturated heterocycles. The summed E-state index contributed by atoms with van der Waals surface area (Å²) in [5.41, 5.74) is 1.26. The molecule has 2 N–H and O–H groups in total. The Hall–Kier alpha value is -3.69. The van der Waals surface area contributed by atoms with E-state index in [0.29, 0.717) is 5.56 Å². The molecule has 148 valence electrons. The van der Waals surface area contributed by atoms with Crippen LogP contribution in [0.3, 0.4) is 0 Å². The number of furan rings is 1. The molecule has 1 aromatic heterocycles. The van der Waals surface area contributed by atoms with E-state index in [0.717, 1.165) is 5.56 Å². The molecule has 0 bridgehead atoms. The lowest BCUT2D eigenvalue weighted by molar-refractivity contribution is -0.384. The second-order valence-electron chi connectivity index (χ2n) is 5.90. The number of nitro groups is 1. The molecule has 1 heterocycles. The first-order valence-corrected chi connectivity index (χ1v) is 8.30. The Kier molecular flexibility index (Phi) is 6.85. The first-order chi connectivity index (χ1) is 13.3. The number of nitrogens with one attached hydrogen (secondary N) is 2. The number of carbonyl (C=O) groups is 3. The number of anilines is 1. The number of carbonyl (C=O) groups excluding carboxylic acids is 3. The number of esters is 1. The van der Waals surface area contributed by atoms with Crippen molar-refractivity contribution in [2.45, 2.75) is 20.3 Å². The van der Waals surface area contributed by atoms with Crippen LogP contribution in [0.1, 0.15) is 28.1 Å². The fourth-order valence-corrected chi connectivity index (χ4v) is 2.23. The highest BCUT2D eigenvalue weighted by Crippen LogP contribution is 2.27. The van der Waals surface area contributed by atoms with Crippen LogP contribution < -0.4 is 10.6 Å². The number of nitrogens with zero attached hydrogens (tertiary/aromatic N) is 1. The quantitative estimate of drug-likeness (QED) is 0.400. The maximum absolute atomic E-state index is 11.9. The number of benzene rings is 1. The maximum Gasteiger partial charge on any atom is 0.308 e. The van der Waals surface area contributed by atoms with Gasteiger partial charge in [0.2, 0.25) is 0 Å². The van der Waals surface area contributed by atoms with Gasteiger partial charge in [0.25, 0.3) is 17.5 Å². The van der Waals surface area contributed by atoms with E-state index in [9.17, 15) is 24.5 Å². The lowest BCUT2D eigenvalue weighted by Gasteiger charge is -2.09. The van der Waals surface area contributed by atoms with Crippen molar-refractivity contribution < 1.29 is 28.5 Å². The standard InChI is InChI=1S/C18H19N3O7/c1-11-8-13(14(21(25)26)9-12(11)2)20-16(22)10-28-17(23)5-6-19-18(24)15-4-3-7-27-15/h3-4,7-9H,5-6,10H2,1-2H3,(H,19,24)(H,20,22). The number of amides is 2. The zero-order chi connectivity index (χ0) is 20.7. The normalized spacial score (nSPS) is 10.2. The molecule has 0 atom stereocenters. The Morgan fingerprint density at radius 2 is 1.93 bits per heavy atom. The van der Waals surface area contributed by atoms with Crippen molar-refractivity contribution in [3.05, 3.63) is 57.5 Å². The van der Waals surface area contributed by atoms with E-state index >= 15 is 0 Å². The van der Waals surface area contributed by atoms with E-state index in [4.69, 9.17) is 9.15 Å². The predicted octanol–water partition coefficient (Wildman–Crippen LogP) is 2.11. The first-order valence-electron chi connectivity index (χ1n) is 8.30. The summed E-state index contributed by atoms with van der Waals surface area (Å²) >= 11 is 0. The predicted molar refractivity (Wildman–Crippen MR) is 97.8 cm³/mol. The zero-order valence-corrected chi connectivity index (χ0v) is 15.3. The lowest BCUT2D eigenvalue weighted by Crippen LogP contribution is -2.27. The highest BCUT2D eigenvalue weighted by atomic mass is 16.6. The van der Waals surface area contributed by atoms with Crippen molar-refractivity contribution >= 4 is 29.2 Å². The molecule has 1 aromatic carbocycles. The lowest BCUT2D eigenvalue weighted by atomic mass is 10.1. The van der Waals surface area contributed by atoms with E-state index in [1.165, 1.54) is 24.5 Å². The summed E-state index contributed by atoms with van der Waals surface area (Å²) in [5.74, 6) is -1.77. The van der Waals surface area contributed by atoms with E-state index in [1.54, 1.807) is 19.9 Å². The van der Waals surface area contributed by atoms with Crippen LogP contribution in [0.25, 0.3) is 0 Å². The molecule has 0 aliphatic carbocycles. The molecular formula is C18H19N3O7. The molecule has 0 radical (unpaired) electrons. The number of nitro benzene ring substituents is 1. The van der Waals surface area contributed by atoms with Crippen LogP contribution >= 0.6 is 0 Å². The molecule has 10 heteroatoms. The summed E-state index contributed by atoms with van der Waals surface area (Å²) in [6.07, 6.45) is 1.20. The van der Waals surface area contributed by atoms with E-state index in [2.05, 4.69) is 10.6 Å². The molecule has 10 nitrogen and oxygen atoms in total. The summed E-state index contributed by atoms with van der Waals surface area (Å²) in [7, 11) is 0. The Balaban J connectivity index is 1.79. The maximum atomic E-state index is 11.9. The van der Waals surface area contributed by atoms with Gasteiger partial charge in [0, 0.05) is 12.6 Å². The van der Waals surface area contributed by atoms with E-state index < -0.39 is 29.3 Å². The van der Waals surface area contributed by atoms with Crippen molar-refractivity contribution in [1.29, 1.82) is 0 Å². The summed E-state index contributed by atoms with van der Waals surface area (Å²) in [5, 5.41) is 16.0. The molecule has 0 unspecified atom stereocenters. The van der Waals surface area contributed by atoms with Crippen LogP contribution in [0.5, 0.6) is 0 Å². The van der Waals surface area contributed by atoms with Crippen molar-refractivity contribution in [3.8, 4) is 0 Å². The molecule has 2 amide bonds. The van der Waals surface area contributed by atoms with Gasteiger partial charge in [-0.3, -0.25) is 24.5 Å². The average Bonchev–Trinajstić information content (AvgIpc) is 3.17. The summed E-state index contributed by atoms with van der Waals surface area (Å²) in [4.78, 5) is 45.7.